The first kappa shape index (κ1) is 14.2. The molecule has 0 radical (unpaired) electrons. The van der Waals surface area contributed by atoms with Gasteiger partial charge in [-0.15, -0.1) is 0 Å². The maximum absolute atomic E-state index is 3.69. The zero-order valence-corrected chi connectivity index (χ0v) is 11.6. The highest BCUT2D eigenvalue weighted by atomic mass is 14.9. The molecule has 1 aromatic carbocycles. The highest BCUT2D eigenvalue weighted by Gasteiger charge is 2.15. The third-order valence-electron chi connectivity index (χ3n) is 3.34. The number of rotatable bonds is 8. The Kier molecular flexibility index (Phi) is 6.95. The topological polar surface area (TPSA) is 12.0 Å². The van der Waals surface area contributed by atoms with E-state index < -0.39 is 0 Å². The van der Waals surface area contributed by atoms with Gasteiger partial charge < -0.3 is 5.32 Å². The smallest absolute Gasteiger partial charge is 0.00957 e. The lowest BCUT2D eigenvalue weighted by molar-refractivity contribution is 0.352. The minimum Gasteiger partial charge on any atom is -0.314 e. The molecular weight excluding hydrogens is 206 g/mol. The molecule has 96 valence electrons. The summed E-state index contributed by atoms with van der Waals surface area (Å²) in [6.45, 7) is 8.02. The fourth-order valence-electron chi connectivity index (χ4n) is 2.36. The van der Waals surface area contributed by atoms with Crippen molar-refractivity contribution in [3.63, 3.8) is 0 Å². The van der Waals surface area contributed by atoms with E-state index in [9.17, 15) is 0 Å². The van der Waals surface area contributed by atoms with Gasteiger partial charge in [0.15, 0.2) is 0 Å². The number of nitrogens with one attached hydrogen (secondary N) is 1. The van der Waals surface area contributed by atoms with Crippen LogP contribution >= 0.6 is 0 Å². The molecule has 0 fully saturated rings. The van der Waals surface area contributed by atoms with Gasteiger partial charge in [-0.2, -0.15) is 0 Å². The van der Waals surface area contributed by atoms with Crippen LogP contribution in [0.4, 0.5) is 0 Å². The lowest BCUT2D eigenvalue weighted by Crippen LogP contribution is -2.36. The second kappa shape index (κ2) is 8.30. The molecule has 0 saturated carbocycles. The Morgan fingerprint density at radius 3 is 2.35 bits per heavy atom. The largest absolute Gasteiger partial charge is 0.314 e. The van der Waals surface area contributed by atoms with Gasteiger partial charge >= 0.3 is 0 Å². The summed E-state index contributed by atoms with van der Waals surface area (Å²) in [5.74, 6) is 0.712. The summed E-state index contributed by atoms with van der Waals surface area (Å²) in [5.41, 5.74) is 1.46. The van der Waals surface area contributed by atoms with Crippen LogP contribution in [0.25, 0.3) is 0 Å². The van der Waals surface area contributed by atoms with E-state index in [1.807, 2.05) is 0 Å². The Morgan fingerprint density at radius 1 is 1.06 bits per heavy atom. The Balaban J connectivity index is 2.49. The van der Waals surface area contributed by atoms with Gasteiger partial charge in [0.25, 0.3) is 0 Å². The van der Waals surface area contributed by atoms with E-state index in [1.165, 1.54) is 31.2 Å². The van der Waals surface area contributed by atoms with Crippen LogP contribution in [0.1, 0.15) is 45.6 Å². The summed E-state index contributed by atoms with van der Waals surface area (Å²) >= 11 is 0. The quantitative estimate of drug-likeness (QED) is 0.714. The van der Waals surface area contributed by atoms with Gasteiger partial charge in [-0.1, -0.05) is 57.5 Å². The molecule has 0 aromatic heterocycles. The SMILES string of the molecule is CCCNC(CCC)C(C)Cc1ccccc1. The van der Waals surface area contributed by atoms with Gasteiger partial charge in [-0.05, 0) is 37.3 Å². The van der Waals surface area contributed by atoms with Crippen molar-refractivity contribution in [3.8, 4) is 0 Å². The van der Waals surface area contributed by atoms with Crippen molar-refractivity contribution in [1.82, 2.24) is 5.32 Å². The van der Waals surface area contributed by atoms with Crippen molar-refractivity contribution in [2.24, 2.45) is 5.92 Å². The first-order valence-corrected chi connectivity index (χ1v) is 7.05. The van der Waals surface area contributed by atoms with Crippen LogP contribution in [0.5, 0.6) is 0 Å². The Morgan fingerprint density at radius 2 is 1.76 bits per heavy atom. The molecule has 0 aliphatic carbocycles. The fraction of sp³-hybridized carbons (Fsp3) is 0.625. The molecule has 1 nitrogen and oxygen atoms in total. The van der Waals surface area contributed by atoms with E-state index in [0.717, 1.165) is 6.54 Å². The molecular formula is C16H27N. The molecule has 0 spiro atoms. The number of hydrogen-bond donors (Lipinski definition) is 1. The highest BCUT2D eigenvalue weighted by molar-refractivity contribution is 5.15. The van der Waals surface area contributed by atoms with E-state index in [2.05, 4.69) is 56.4 Å². The van der Waals surface area contributed by atoms with Crippen molar-refractivity contribution >= 4 is 0 Å². The molecule has 2 unspecified atom stereocenters. The molecule has 1 heteroatoms. The van der Waals surface area contributed by atoms with Crippen molar-refractivity contribution in [1.29, 1.82) is 0 Å². The maximum Gasteiger partial charge on any atom is 0.00957 e. The second-order valence-corrected chi connectivity index (χ2v) is 5.02. The van der Waals surface area contributed by atoms with Crippen LogP contribution in [-0.2, 0) is 6.42 Å². The first-order chi connectivity index (χ1) is 8.27. The van der Waals surface area contributed by atoms with Crippen LogP contribution in [0.2, 0.25) is 0 Å². The van der Waals surface area contributed by atoms with Crippen molar-refractivity contribution in [3.05, 3.63) is 35.9 Å². The summed E-state index contributed by atoms with van der Waals surface area (Å²) in [6, 6.07) is 11.5. The Bertz CT molecular complexity index is 281. The monoisotopic (exact) mass is 233 g/mol. The summed E-state index contributed by atoms with van der Waals surface area (Å²) in [5, 5.41) is 3.69. The molecule has 1 rings (SSSR count). The predicted molar refractivity (Wildman–Crippen MR) is 76.3 cm³/mol. The van der Waals surface area contributed by atoms with Crippen LogP contribution in [0.3, 0.4) is 0 Å². The number of benzene rings is 1. The zero-order valence-electron chi connectivity index (χ0n) is 11.6. The van der Waals surface area contributed by atoms with Gasteiger partial charge in [0.05, 0.1) is 0 Å². The second-order valence-electron chi connectivity index (χ2n) is 5.02. The third-order valence-corrected chi connectivity index (χ3v) is 3.34. The zero-order chi connectivity index (χ0) is 12.5. The molecule has 0 amide bonds. The van der Waals surface area contributed by atoms with E-state index in [1.54, 1.807) is 0 Å². The molecule has 17 heavy (non-hydrogen) atoms. The lowest BCUT2D eigenvalue weighted by atomic mass is 9.91. The maximum atomic E-state index is 3.69. The number of hydrogen-bond acceptors (Lipinski definition) is 1. The van der Waals surface area contributed by atoms with E-state index >= 15 is 0 Å². The van der Waals surface area contributed by atoms with Gasteiger partial charge in [-0.25, -0.2) is 0 Å². The molecule has 0 saturated heterocycles. The molecule has 0 aliphatic heterocycles. The Hall–Kier alpha value is -0.820. The highest BCUT2D eigenvalue weighted by Crippen LogP contribution is 2.15. The van der Waals surface area contributed by atoms with Crippen molar-refractivity contribution in [2.75, 3.05) is 6.54 Å². The average Bonchev–Trinajstić information content (AvgIpc) is 2.35. The molecule has 0 aliphatic rings. The van der Waals surface area contributed by atoms with E-state index in [-0.39, 0.29) is 0 Å². The van der Waals surface area contributed by atoms with Gasteiger partial charge in [0.1, 0.15) is 0 Å². The third kappa shape index (κ3) is 5.36. The van der Waals surface area contributed by atoms with E-state index in [4.69, 9.17) is 0 Å². The summed E-state index contributed by atoms with van der Waals surface area (Å²) in [6.07, 6.45) is 4.95. The van der Waals surface area contributed by atoms with Crippen molar-refractivity contribution < 1.29 is 0 Å². The summed E-state index contributed by atoms with van der Waals surface area (Å²) in [7, 11) is 0. The average molecular weight is 233 g/mol. The standard InChI is InChI=1S/C16H27N/c1-4-9-16(17-12-5-2)14(3)13-15-10-7-6-8-11-15/h6-8,10-11,14,16-17H,4-5,9,12-13H2,1-3H3. The van der Waals surface area contributed by atoms with Gasteiger partial charge in [-0.3, -0.25) is 0 Å². The summed E-state index contributed by atoms with van der Waals surface area (Å²) < 4.78 is 0. The van der Waals surface area contributed by atoms with Crippen LogP contribution < -0.4 is 5.32 Å². The minimum absolute atomic E-state index is 0.667. The molecule has 2 atom stereocenters. The molecule has 1 aromatic rings. The summed E-state index contributed by atoms with van der Waals surface area (Å²) in [4.78, 5) is 0. The van der Waals surface area contributed by atoms with Gasteiger partial charge in [0, 0.05) is 6.04 Å². The fourth-order valence-corrected chi connectivity index (χ4v) is 2.36. The molecule has 1 N–H and O–H groups in total. The van der Waals surface area contributed by atoms with Crippen LogP contribution in [-0.4, -0.2) is 12.6 Å². The normalized spacial score (nSPS) is 14.5. The van der Waals surface area contributed by atoms with Gasteiger partial charge in [0.2, 0.25) is 0 Å². The van der Waals surface area contributed by atoms with Crippen LogP contribution in [0, 0.1) is 5.92 Å². The molecule has 0 bridgehead atoms. The first-order valence-electron chi connectivity index (χ1n) is 7.05. The lowest BCUT2D eigenvalue weighted by Gasteiger charge is -2.25. The van der Waals surface area contributed by atoms with E-state index in [0.29, 0.717) is 12.0 Å². The van der Waals surface area contributed by atoms with Crippen LogP contribution in [0.15, 0.2) is 30.3 Å². The van der Waals surface area contributed by atoms with Crippen molar-refractivity contribution in [2.45, 2.75) is 52.5 Å². The predicted octanol–water partition coefficient (Wildman–Crippen LogP) is 4.03. The Labute approximate surface area is 107 Å². The minimum atomic E-state index is 0.667. The molecule has 0 heterocycles.